The first kappa shape index (κ1) is 15.5. The molecule has 0 atom stereocenters. The van der Waals surface area contributed by atoms with Crippen LogP contribution in [-0.2, 0) is 0 Å². The van der Waals surface area contributed by atoms with Gasteiger partial charge >= 0.3 is 0 Å². The molecule has 0 aromatic heterocycles. The van der Waals surface area contributed by atoms with Crippen LogP contribution in [0.2, 0.25) is 0 Å². The lowest BCUT2D eigenvalue weighted by molar-refractivity contribution is 0.0635. The predicted octanol–water partition coefficient (Wildman–Crippen LogP) is 4.63. The van der Waals surface area contributed by atoms with Gasteiger partial charge in [-0.15, -0.1) is 0 Å². The highest BCUT2D eigenvalue weighted by atomic mass is 79.9. The molecule has 2 nitrogen and oxygen atoms in total. The summed E-state index contributed by atoms with van der Waals surface area (Å²) in [5, 5.41) is 0. The first-order valence-corrected chi connectivity index (χ1v) is 7.82. The molecular formula is C16H21BrFNO. The molecule has 1 aliphatic carbocycles. The normalized spacial score (nSPS) is 18.9. The molecule has 1 aromatic rings. The molecule has 20 heavy (non-hydrogen) atoms. The van der Waals surface area contributed by atoms with Crippen LogP contribution in [0.25, 0.3) is 0 Å². The van der Waals surface area contributed by atoms with Gasteiger partial charge in [-0.2, -0.15) is 0 Å². The highest BCUT2D eigenvalue weighted by Crippen LogP contribution is 2.36. The summed E-state index contributed by atoms with van der Waals surface area (Å²) in [5.74, 6) is -0.491. The Labute approximate surface area is 128 Å². The van der Waals surface area contributed by atoms with Crippen molar-refractivity contribution >= 4 is 21.8 Å². The Morgan fingerprint density at radius 2 is 1.95 bits per heavy atom. The van der Waals surface area contributed by atoms with Gasteiger partial charge in [-0.3, -0.25) is 4.79 Å². The van der Waals surface area contributed by atoms with Crippen molar-refractivity contribution in [3.05, 3.63) is 34.1 Å². The number of hydrogen-bond donors (Lipinski definition) is 0. The Morgan fingerprint density at radius 3 is 2.50 bits per heavy atom. The van der Waals surface area contributed by atoms with E-state index < -0.39 is 5.82 Å². The molecule has 110 valence electrons. The van der Waals surface area contributed by atoms with Gasteiger partial charge in [-0.05, 0) is 65.2 Å². The molecule has 0 bridgehead atoms. The minimum Gasteiger partial charge on any atom is -0.339 e. The van der Waals surface area contributed by atoms with Crippen LogP contribution in [0.4, 0.5) is 4.39 Å². The SMILES string of the molecule is CN(C(=O)c1ccc(Br)c(F)c1)C1CCC(C)(C)CC1. The molecule has 4 heteroatoms. The minimum absolute atomic E-state index is 0.0962. The van der Waals surface area contributed by atoms with Crippen molar-refractivity contribution in [3.63, 3.8) is 0 Å². The van der Waals surface area contributed by atoms with Crippen molar-refractivity contribution in [2.24, 2.45) is 5.41 Å². The number of carbonyl (C=O) groups excluding carboxylic acids is 1. The zero-order valence-electron chi connectivity index (χ0n) is 12.2. The maximum absolute atomic E-state index is 13.5. The van der Waals surface area contributed by atoms with Gasteiger partial charge in [0.1, 0.15) is 5.82 Å². The topological polar surface area (TPSA) is 20.3 Å². The second-order valence-corrected chi connectivity index (χ2v) is 7.29. The Balaban J connectivity index is 2.07. The van der Waals surface area contributed by atoms with E-state index in [1.165, 1.54) is 6.07 Å². The van der Waals surface area contributed by atoms with E-state index in [0.717, 1.165) is 25.7 Å². The molecule has 0 heterocycles. The van der Waals surface area contributed by atoms with Gasteiger partial charge in [0.15, 0.2) is 0 Å². The lowest BCUT2D eigenvalue weighted by Gasteiger charge is -2.38. The average molecular weight is 342 g/mol. The van der Waals surface area contributed by atoms with Gasteiger partial charge in [-0.1, -0.05) is 13.8 Å². The third-order valence-electron chi connectivity index (χ3n) is 4.34. The Bertz CT molecular complexity index is 505. The Morgan fingerprint density at radius 1 is 1.35 bits per heavy atom. The van der Waals surface area contributed by atoms with Crippen LogP contribution in [0.1, 0.15) is 49.9 Å². The van der Waals surface area contributed by atoms with E-state index in [1.807, 2.05) is 7.05 Å². The summed E-state index contributed by atoms with van der Waals surface area (Å²) in [7, 11) is 1.82. The zero-order valence-corrected chi connectivity index (χ0v) is 13.8. The summed E-state index contributed by atoms with van der Waals surface area (Å²) in [6, 6.07) is 4.82. The average Bonchev–Trinajstić information content (AvgIpc) is 2.40. The summed E-state index contributed by atoms with van der Waals surface area (Å²) in [5.41, 5.74) is 0.794. The molecule has 1 aliphatic rings. The van der Waals surface area contributed by atoms with Crippen LogP contribution < -0.4 is 0 Å². The van der Waals surface area contributed by atoms with Crippen molar-refractivity contribution in [2.75, 3.05) is 7.05 Å². The fourth-order valence-corrected chi connectivity index (χ4v) is 3.02. The molecule has 1 saturated carbocycles. The van der Waals surface area contributed by atoms with Gasteiger partial charge in [0.2, 0.25) is 0 Å². The smallest absolute Gasteiger partial charge is 0.253 e. The molecule has 2 rings (SSSR count). The number of benzene rings is 1. The first-order valence-electron chi connectivity index (χ1n) is 7.02. The lowest BCUT2D eigenvalue weighted by atomic mass is 9.75. The third kappa shape index (κ3) is 3.40. The molecule has 1 amide bonds. The standard InChI is InChI=1S/C16H21BrFNO/c1-16(2)8-6-12(7-9-16)19(3)15(20)11-4-5-13(17)14(18)10-11/h4-5,10,12H,6-9H2,1-3H3. The quantitative estimate of drug-likeness (QED) is 0.767. The predicted molar refractivity (Wildman–Crippen MR) is 82.2 cm³/mol. The summed E-state index contributed by atoms with van der Waals surface area (Å²) in [6.07, 6.45) is 4.30. The molecular weight excluding hydrogens is 321 g/mol. The summed E-state index contributed by atoms with van der Waals surface area (Å²) < 4.78 is 13.9. The number of carbonyl (C=O) groups is 1. The van der Waals surface area contributed by atoms with Crippen molar-refractivity contribution in [1.29, 1.82) is 0 Å². The van der Waals surface area contributed by atoms with E-state index in [0.29, 0.717) is 15.5 Å². The van der Waals surface area contributed by atoms with Gasteiger partial charge < -0.3 is 4.90 Å². The molecule has 0 N–H and O–H groups in total. The van der Waals surface area contributed by atoms with Crippen LogP contribution in [0, 0.1) is 11.2 Å². The van der Waals surface area contributed by atoms with Crippen molar-refractivity contribution in [3.8, 4) is 0 Å². The second-order valence-electron chi connectivity index (χ2n) is 6.44. The van der Waals surface area contributed by atoms with Crippen molar-refractivity contribution < 1.29 is 9.18 Å². The Hall–Kier alpha value is -0.900. The molecule has 0 unspecified atom stereocenters. The van der Waals surface area contributed by atoms with Crippen LogP contribution >= 0.6 is 15.9 Å². The fourth-order valence-electron chi connectivity index (χ4n) is 2.77. The minimum atomic E-state index is -0.394. The third-order valence-corrected chi connectivity index (χ3v) is 4.99. The molecule has 1 aromatic carbocycles. The highest BCUT2D eigenvalue weighted by molar-refractivity contribution is 9.10. The summed E-state index contributed by atoms with van der Waals surface area (Å²) in [6.45, 7) is 4.55. The molecule has 0 radical (unpaired) electrons. The summed E-state index contributed by atoms with van der Waals surface area (Å²) >= 11 is 3.10. The number of hydrogen-bond acceptors (Lipinski definition) is 1. The van der Waals surface area contributed by atoms with E-state index in [1.54, 1.807) is 17.0 Å². The molecule has 1 fully saturated rings. The number of nitrogens with zero attached hydrogens (tertiary/aromatic N) is 1. The molecule has 0 aliphatic heterocycles. The van der Waals surface area contributed by atoms with Gasteiger partial charge in [0.25, 0.3) is 5.91 Å². The highest BCUT2D eigenvalue weighted by Gasteiger charge is 2.30. The van der Waals surface area contributed by atoms with E-state index in [9.17, 15) is 9.18 Å². The Kier molecular flexibility index (Phi) is 4.52. The fraction of sp³-hybridized carbons (Fsp3) is 0.562. The van der Waals surface area contributed by atoms with Crippen molar-refractivity contribution in [2.45, 2.75) is 45.6 Å². The second kappa shape index (κ2) is 5.84. The van der Waals surface area contributed by atoms with Gasteiger partial charge in [0.05, 0.1) is 4.47 Å². The molecule has 0 spiro atoms. The maximum atomic E-state index is 13.5. The van der Waals surface area contributed by atoms with E-state index in [-0.39, 0.29) is 11.9 Å². The van der Waals surface area contributed by atoms with E-state index in [2.05, 4.69) is 29.8 Å². The maximum Gasteiger partial charge on any atom is 0.253 e. The van der Waals surface area contributed by atoms with E-state index in [4.69, 9.17) is 0 Å². The van der Waals surface area contributed by atoms with Crippen LogP contribution in [0.5, 0.6) is 0 Å². The van der Waals surface area contributed by atoms with Crippen LogP contribution in [-0.4, -0.2) is 23.9 Å². The number of halogens is 2. The van der Waals surface area contributed by atoms with Crippen molar-refractivity contribution in [1.82, 2.24) is 4.90 Å². The summed E-state index contributed by atoms with van der Waals surface area (Å²) in [4.78, 5) is 14.2. The van der Waals surface area contributed by atoms with Gasteiger partial charge in [-0.25, -0.2) is 4.39 Å². The van der Waals surface area contributed by atoms with Gasteiger partial charge in [0, 0.05) is 18.7 Å². The monoisotopic (exact) mass is 341 g/mol. The van der Waals surface area contributed by atoms with Crippen LogP contribution in [0.3, 0.4) is 0 Å². The number of amides is 1. The first-order chi connectivity index (χ1) is 9.30. The van der Waals surface area contributed by atoms with E-state index >= 15 is 0 Å². The lowest BCUT2D eigenvalue weighted by Crippen LogP contribution is -2.40. The van der Waals surface area contributed by atoms with Crippen LogP contribution in [0.15, 0.2) is 22.7 Å². The largest absolute Gasteiger partial charge is 0.339 e. The number of rotatable bonds is 2. The zero-order chi connectivity index (χ0) is 14.9. The molecule has 0 saturated heterocycles.